The van der Waals surface area contributed by atoms with Gasteiger partial charge in [-0.25, -0.2) is 4.79 Å². The lowest BCUT2D eigenvalue weighted by atomic mass is 9.93. The number of rotatable bonds is 3. The van der Waals surface area contributed by atoms with Crippen molar-refractivity contribution in [2.24, 2.45) is 0 Å². The van der Waals surface area contributed by atoms with Gasteiger partial charge in [-0.2, -0.15) is 13.2 Å². The second-order valence-electron chi connectivity index (χ2n) is 5.15. The number of alkyl halides is 3. The second-order valence-corrected chi connectivity index (χ2v) is 6.25. The number of amides is 2. The van der Waals surface area contributed by atoms with E-state index < -0.39 is 11.5 Å². The van der Waals surface area contributed by atoms with Crippen LogP contribution in [0.5, 0.6) is 0 Å². The number of carbonyl (C=O) groups is 1. The average molecular weight is 334 g/mol. The van der Waals surface area contributed by atoms with E-state index in [0.29, 0.717) is 25.7 Å². The number of halogens is 3. The maximum absolute atomic E-state index is 12.5. The topological polar surface area (TPSA) is 61.4 Å². The van der Waals surface area contributed by atoms with Gasteiger partial charge in [-0.3, -0.25) is 0 Å². The number of anilines is 1. The third-order valence-corrected chi connectivity index (χ3v) is 4.20. The molecule has 1 aliphatic rings. The number of aliphatic hydroxyl groups excluding tert-OH is 1. The van der Waals surface area contributed by atoms with E-state index in [1.165, 1.54) is 18.2 Å². The summed E-state index contributed by atoms with van der Waals surface area (Å²) < 4.78 is 37.4. The van der Waals surface area contributed by atoms with Gasteiger partial charge in [0, 0.05) is 10.9 Å². The summed E-state index contributed by atoms with van der Waals surface area (Å²) in [4.78, 5) is 11.9. The summed E-state index contributed by atoms with van der Waals surface area (Å²) in [7, 11) is 0. The van der Waals surface area contributed by atoms with Gasteiger partial charge in [-0.05, 0) is 49.6 Å². The van der Waals surface area contributed by atoms with E-state index in [4.69, 9.17) is 0 Å². The van der Waals surface area contributed by atoms with E-state index in [-0.39, 0.29) is 34.5 Å². The molecular formula is C14H17F3N2O2S. The fourth-order valence-corrected chi connectivity index (χ4v) is 2.97. The molecule has 122 valence electrons. The maximum Gasteiger partial charge on any atom is 0.446 e. The van der Waals surface area contributed by atoms with Crippen molar-refractivity contribution in [1.29, 1.82) is 0 Å². The van der Waals surface area contributed by atoms with Crippen LogP contribution in [-0.4, -0.2) is 28.8 Å². The SMILES string of the molecule is O=C(Nc1ccccc1SC(F)(F)F)NC1CCC(O)CC1. The van der Waals surface area contributed by atoms with Crippen LogP contribution in [0.3, 0.4) is 0 Å². The first-order valence-electron chi connectivity index (χ1n) is 6.94. The lowest BCUT2D eigenvalue weighted by Crippen LogP contribution is -2.40. The molecule has 0 unspecified atom stereocenters. The molecule has 0 radical (unpaired) electrons. The minimum atomic E-state index is -4.41. The summed E-state index contributed by atoms with van der Waals surface area (Å²) in [6, 6.07) is 5.19. The largest absolute Gasteiger partial charge is 0.446 e. The van der Waals surface area contributed by atoms with Crippen LogP contribution in [0.4, 0.5) is 23.7 Å². The normalized spacial score (nSPS) is 22.2. The molecule has 0 bridgehead atoms. The molecule has 3 N–H and O–H groups in total. The molecule has 8 heteroatoms. The Kier molecular flexibility index (Phi) is 5.57. The minimum absolute atomic E-state index is 0.0517. The van der Waals surface area contributed by atoms with Crippen LogP contribution in [0.15, 0.2) is 29.2 Å². The highest BCUT2D eigenvalue weighted by Gasteiger charge is 2.30. The van der Waals surface area contributed by atoms with Crippen LogP contribution in [0, 0.1) is 0 Å². The number of aliphatic hydroxyl groups is 1. The molecule has 1 aromatic rings. The Morgan fingerprint density at radius 3 is 2.45 bits per heavy atom. The summed E-state index contributed by atoms with van der Waals surface area (Å²) in [6.45, 7) is 0. The third kappa shape index (κ3) is 5.42. The first-order valence-corrected chi connectivity index (χ1v) is 7.75. The van der Waals surface area contributed by atoms with E-state index in [1.54, 1.807) is 6.07 Å². The molecule has 1 aliphatic carbocycles. The van der Waals surface area contributed by atoms with Crippen LogP contribution >= 0.6 is 11.8 Å². The molecule has 0 aliphatic heterocycles. The van der Waals surface area contributed by atoms with Crippen LogP contribution in [0.25, 0.3) is 0 Å². The highest BCUT2D eigenvalue weighted by atomic mass is 32.2. The Hall–Kier alpha value is -1.41. The van der Waals surface area contributed by atoms with Crippen LogP contribution in [0.2, 0.25) is 0 Å². The highest BCUT2D eigenvalue weighted by molar-refractivity contribution is 8.00. The summed E-state index contributed by atoms with van der Waals surface area (Å²) in [6.07, 6.45) is 2.22. The highest BCUT2D eigenvalue weighted by Crippen LogP contribution is 2.40. The van der Waals surface area contributed by atoms with Gasteiger partial charge in [0.2, 0.25) is 0 Å². The van der Waals surface area contributed by atoms with Gasteiger partial charge in [0.1, 0.15) is 0 Å². The van der Waals surface area contributed by atoms with Crippen molar-refractivity contribution >= 4 is 23.5 Å². The third-order valence-electron chi connectivity index (χ3n) is 3.39. The zero-order chi connectivity index (χ0) is 16.2. The van der Waals surface area contributed by atoms with Crippen molar-refractivity contribution in [2.75, 3.05) is 5.32 Å². The summed E-state index contributed by atoms with van der Waals surface area (Å²) >= 11 is -0.260. The van der Waals surface area contributed by atoms with Gasteiger partial charge in [-0.15, -0.1) is 0 Å². The zero-order valence-electron chi connectivity index (χ0n) is 11.7. The Morgan fingerprint density at radius 1 is 1.18 bits per heavy atom. The number of nitrogens with one attached hydrogen (secondary N) is 2. The van der Waals surface area contributed by atoms with Crippen LogP contribution in [-0.2, 0) is 0 Å². The molecule has 4 nitrogen and oxygen atoms in total. The number of hydrogen-bond donors (Lipinski definition) is 3. The zero-order valence-corrected chi connectivity index (χ0v) is 12.5. The smallest absolute Gasteiger partial charge is 0.393 e. The molecule has 0 atom stereocenters. The van der Waals surface area contributed by atoms with Gasteiger partial charge >= 0.3 is 11.5 Å². The Balaban J connectivity index is 1.94. The Bertz CT molecular complexity index is 517. The van der Waals surface area contributed by atoms with Crippen molar-refractivity contribution < 1.29 is 23.1 Å². The number of urea groups is 1. The summed E-state index contributed by atoms with van der Waals surface area (Å²) in [5.41, 5.74) is -4.29. The number of benzene rings is 1. The predicted octanol–water partition coefficient (Wildman–Crippen LogP) is 3.72. The fourth-order valence-electron chi connectivity index (χ4n) is 2.35. The van der Waals surface area contributed by atoms with Crippen molar-refractivity contribution in [3.63, 3.8) is 0 Å². The molecule has 1 fully saturated rings. The lowest BCUT2D eigenvalue weighted by Gasteiger charge is -2.26. The van der Waals surface area contributed by atoms with E-state index in [9.17, 15) is 23.1 Å². The van der Waals surface area contributed by atoms with E-state index in [1.807, 2.05) is 0 Å². The van der Waals surface area contributed by atoms with Crippen molar-refractivity contribution in [3.8, 4) is 0 Å². The molecule has 22 heavy (non-hydrogen) atoms. The molecule has 0 saturated heterocycles. The van der Waals surface area contributed by atoms with Crippen molar-refractivity contribution in [1.82, 2.24) is 5.32 Å². The molecule has 1 saturated carbocycles. The van der Waals surface area contributed by atoms with Gasteiger partial charge < -0.3 is 15.7 Å². The fraction of sp³-hybridized carbons (Fsp3) is 0.500. The van der Waals surface area contributed by atoms with Crippen LogP contribution in [0.1, 0.15) is 25.7 Å². The molecule has 2 amide bonds. The van der Waals surface area contributed by atoms with E-state index in [0.717, 1.165) is 0 Å². The molecule has 0 spiro atoms. The first kappa shape index (κ1) is 17.0. The predicted molar refractivity (Wildman–Crippen MR) is 78.8 cm³/mol. The standard InChI is InChI=1S/C14H17F3N2O2S/c15-14(16,17)22-12-4-2-1-3-11(12)19-13(21)18-9-5-7-10(20)8-6-9/h1-4,9-10,20H,5-8H2,(H2,18,19,21). The molecule has 1 aromatic carbocycles. The molecule has 0 heterocycles. The second kappa shape index (κ2) is 7.23. The van der Waals surface area contributed by atoms with Crippen LogP contribution < -0.4 is 10.6 Å². The first-order chi connectivity index (χ1) is 10.3. The van der Waals surface area contributed by atoms with Crippen molar-refractivity contribution in [2.45, 2.75) is 48.2 Å². The summed E-state index contributed by atoms with van der Waals surface area (Å²) in [5.74, 6) is 0. The average Bonchev–Trinajstić information content (AvgIpc) is 2.42. The van der Waals surface area contributed by atoms with Gasteiger partial charge in [0.05, 0.1) is 11.8 Å². The minimum Gasteiger partial charge on any atom is -0.393 e. The molecule has 2 rings (SSSR count). The lowest BCUT2D eigenvalue weighted by molar-refractivity contribution is -0.0328. The Morgan fingerprint density at radius 2 is 1.82 bits per heavy atom. The van der Waals surface area contributed by atoms with E-state index >= 15 is 0 Å². The van der Waals surface area contributed by atoms with E-state index in [2.05, 4.69) is 10.6 Å². The van der Waals surface area contributed by atoms with Gasteiger partial charge in [0.15, 0.2) is 0 Å². The quantitative estimate of drug-likeness (QED) is 0.738. The molecular weight excluding hydrogens is 317 g/mol. The Labute approximate surface area is 130 Å². The molecule has 0 aromatic heterocycles. The number of para-hydroxylation sites is 1. The maximum atomic E-state index is 12.5. The monoisotopic (exact) mass is 334 g/mol. The van der Waals surface area contributed by atoms with Gasteiger partial charge in [-0.1, -0.05) is 12.1 Å². The van der Waals surface area contributed by atoms with Crippen molar-refractivity contribution in [3.05, 3.63) is 24.3 Å². The van der Waals surface area contributed by atoms with Gasteiger partial charge in [0.25, 0.3) is 0 Å². The summed E-state index contributed by atoms with van der Waals surface area (Å²) in [5, 5.41) is 14.6. The number of thioether (sulfide) groups is 1. The number of hydrogen-bond acceptors (Lipinski definition) is 3. The number of carbonyl (C=O) groups excluding carboxylic acids is 1.